The molecule has 4 aromatic rings. The second-order valence-electron chi connectivity index (χ2n) is 7.87. The molecule has 5 rings (SSSR count). The number of para-hydroxylation sites is 1. The number of carbonyl (C=O) groups is 1. The molecule has 1 N–H and O–H groups in total. The average Bonchev–Trinajstić information content (AvgIpc) is 3.33. The smallest absolute Gasteiger partial charge is 0.325 e. The third kappa shape index (κ3) is 3.82. The summed E-state index contributed by atoms with van der Waals surface area (Å²) in [6.07, 6.45) is 2.12. The fourth-order valence-corrected chi connectivity index (χ4v) is 4.68. The lowest BCUT2D eigenvalue weighted by Crippen LogP contribution is -2.60. The van der Waals surface area contributed by atoms with E-state index < -0.39 is 6.17 Å². The molecule has 0 saturated carbocycles. The Morgan fingerprint density at radius 1 is 1.18 bits per heavy atom. The number of H-pyrrole nitrogens is 1. The summed E-state index contributed by atoms with van der Waals surface area (Å²) in [5, 5.41) is 5.77. The topological polar surface area (TPSA) is 83.1 Å². The molecule has 1 amide bonds. The molecule has 172 valence electrons. The van der Waals surface area contributed by atoms with Crippen molar-refractivity contribution in [2.45, 2.75) is 31.1 Å². The molecule has 0 aliphatic carbocycles. The largest absolute Gasteiger partial charge is 0.452 e. The number of nitrogens with zero attached hydrogens (tertiary/aromatic N) is 3. The first-order chi connectivity index (χ1) is 16.5. The van der Waals surface area contributed by atoms with Crippen molar-refractivity contribution < 1.29 is 13.9 Å². The fourth-order valence-electron chi connectivity index (χ4n) is 4.19. The van der Waals surface area contributed by atoms with E-state index in [9.17, 15) is 9.59 Å². The number of aromatic nitrogens is 3. The highest BCUT2D eigenvalue weighted by Gasteiger charge is 2.47. The second-order valence-corrected chi connectivity index (χ2v) is 9.10. The molecule has 1 unspecified atom stereocenters. The summed E-state index contributed by atoms with van der Waals surface area (Å²) < 4.78 is 7.88. The first-order valence-corrected chi connectivity index (χ1v) is 12.5. The van der Waals surface area contributed by atoms with E-state index in [-0.39, 0.29) is 11.5 Å². The number of benzene rings is 2. The van der Waals surface area contributed by atoms with Crippen molar-refractivity contribution in [1.29, 1.82) is 0 Å². The van der Waals surface area contributed by atoms with Crippen LogP contribution in [0.3, 0.4) is 0 Å². The van der Waals surface area contributed by atoms with Gasteiger partial charge in [0.1, 0.15) is 5.76 Å². The molecule has 0 spiro atoms. The highest BCUT2D eigenvalue weighted by Crippen LogP contribution is 2.39. The van der Waals surface area contributed by atoms with Crippen molar-refractivity contribution in [1.82, 2.24) is 10.1 Å². The van der Waals surface area contributed by atoms with Crippen LogP contribution in [-0.2, 0) is 4.79 Å². The van der Waals surface area contributed by atoms with Crippen LogP contribution in [-0.4, -0.2) is 22.2 Å². The van der Waals surface area contributed by atoms with Crippen LogP contribution >= 0.6 is 23.4 Å². The highest BCUT2D eigenvalue weighted by molar-refractivity contribution is 7.98. The number of thioether (sulfide) groups is 1. The van der Waals surface area contributed by atoms with Gasteiger partial charge in [0.25, 0.3) is 0 Å². The van der Waals surface area contributed by atoms with E-state index in [0.29, 0.717) is 51.5 Å². The number of hydrogen-bond donors (Lipinski definition) is 1. The molecule has 2 aromatic heterocycles. The molecule has 2 aromatic carbocycles. The van der Waals surface area contributed by atoms with Gasteiger partial charge in [-0.3, -0.25) is 14.6 Å². The van der Waals surface area contributed by atoms with E-state index in [1.807, 2.05) is 61.7 Å². The number of carbonyl (C=O) groups excluding carboxylic acids is 1. The molecule has 9 heteroatoms. The summed E-state index contributed by atoms with van der Waals surface area (Å²) >= 11 is 7.36. The summed E-state index contributed by atoms with van der Waals surface area (Å²) in [6, 6.07) is 18.4. The minimum Gasteiger partial charge on any atom is -0.452 e. The Morgan fingerprint density at radius 3 is 2.68 bits per heavy atom. The molecule has 1 aliphatic rings. The van der Waals surface area contributed by atoms with E-state index in [1.165, 1.54) is 11.8 Å². The molecule has 0 radical (unpaired) electrons. The quantitative estimate of drug-likeness (QED) is 0.310. The molecular formula is C25H22ClN4O3S+. The minimum atomic E-state index is -0.752. The van der Waals surface area contributed by atoms with Gasteiger partial charge in [0.05, 0.1) is 11.3 Å². The molecule has 1 atom stereocenters. The predicted octanol–water partition coefficient (Wildman–Crippen LogP) is 5.05. The molecule has 0 fully saturated rings. The minimum absolute atomic E-state index is 0.0738. The van der Waals surface area contributed by atoms with Crippen LogP contribution in [0, 0.1) is 0 Å². The van der Waals surface area contributed by atoms with Crippen molar-refractivity contribution >= 4 is 35.0 Å². The SMILES string of the molecule is CCCC(=O)N1c2ccccc2-c2c(=O)[nH]c(SC)n[n+]2C1c1ccc(-c2ccc(Cl)cc2)o1. The Bertz CT molecular complexity index is 1430. The van der Waals surface area contributed by atoms with Crippen molar-refractivity contribution in [3.05, 3.63) is 81.8 Å². The zero-order valence-corrected chi connectivity index (χ0v) is 20.2. The number of rotatable bonds is 5. The van der Waals surface area contributed by atoms with Gasteiger partial charge < -0.3 is 4.42 Å². The Hall–Kier alpha value is -3.36. The molecule has 7 nitrogen and oxygen atoms in total. The number of nitrogens with one attached hydrogen (secondary N) is 1. The van der Waals surface area contributed by atoms with E-state index in [0.717, 1.165) is 5.56 Å². The van der Waals surface area contributed by atoms with Gasteiger partial charge in [-0.2, -0.15) is 0 Å². The number of amides is 1. The molecule has 0 bridgehead atoms. The lowest BCUT2D eigenvalue weighted by Gasteiger charge is -2.30. The van der Waals surface area contributed by atoms with Gasteiger partial charge in [-0.05, 0) is 65.9 Å². The highest BCUT2D eigenvalue weighted by atomic mass is 35.5. The molecule has 3 heterocycles. The number of halogens is 1. The van der Waals surface area contributed by atoms with Crippen molar-refractivity contribution in [3.63, 3.8) is 0 Å². The molecule has 34 heavy (non-hydrogen) atoms. The Morgan fingerprint density at radius 2 is 1.94 bits per heavy atom. The number of hydrogen-bond acceptors (Lipinski definition) is 5. The van der Waals surface area contributed by atoms with E-state index in [2.05, 4.69) is 10.1 Å². The van der Waals surface area contributed by atoms with Crippen LogP contribution in [0.2, 0.25) is 5.02 Å². The Labute approximate surface area is 205 Å². The van der Waals surface area contributed by atoms with Gasteiger partial charge in [0.2, 0.25) is 11.1 Å². The zero-order chi connectivity index (χ0) is 23.8. The van der Waals surface area contributed by atoms with Crippen molar-refractivity contribution in [2.24, 2.45) is 0 Å². The van der Waals surface area contributed by atoms with Gasteiger partial charge in [0, 0.05) is 22.1 Å². The molecule has 1 aliphatic heterocycles. The fraction of sp³-hybridized carbons (Fsp3) is 0.200. The zero-order valence-electron chi connectivity index (χ0n) is 18.6. The Kier molecular flexibility index (Phi) is 6.02. The number of anilines is 1. The van der Waals surface area contributed by atoms with E-state index in [1.54, 1.807) is 21.7 Å². The third-order valence-electron chi connectivity index (χ3n) is 5.69. The lowest BCUT2D eigenvalue weighted by atomic mass is 10.0. The summed E-state index contributed by atoms with van der Waals surface area (Å²) in [6.45, 7) is 1.96. The first kappa shape index (κ1) is 22.4. The van der Waals surface area contributed by atoms with Crippen molar-refractivity contribution in [3.8, 4) is 22.6 Å². The third-order valence-corrected chi connectivity index (χ3v) is 6.52. The van der Waals surface area contributed by atoms with Gasteiger partial charge in [-0.1, -0.05) is 42.4 Å². The van der Waals surface area contributed by atoms with Crippen LogP contribution in [0.15, 0.2) is 75.0 Å². The maximum Gasteiger partial charge on any atom is 0.325 e. The Balaban J connectivity index is 1.74. The number of furan rings is 1. The summed E-state index contributed by atoms with van der Waals surface area (Å²) in [7, 11) is 0. The van der Waals surface area contributed by atoms with Crippen LogP contribution in [0.1, 0.15) is 31.7 Å². The number of aromatic amines is 1. The first-order valence-electron chi connectivity index (χ1n) is 10.9. The van der Waals surface area contributed by atoms with Crippen LogP contribution in [0.25, 0.3) is 22.6 Å². The maximum absolute atomic E-state index is 13.4. The second kappa shape index (κ2) is 9.12. The average molecular weight is 494 g/mol. The normalized spacial score (nSPS) is 14.6. The van der Waals surface area contributed by atoms with Gasteiger partial charge in [-0.25, -0.2) is 4.90 Å². The van der Waals surface area contributed by atoms with E-state index in [4.69, 9.17) is 16.0 Å². The van der Waals surface area contributed by atoms with Gasteiger partial charge >= 0.3 is 17.4 Å². The molecule has 0 saturated heterocycles. The monoisotopic (exact) mass is 493 g/mol. The van der Waals surface area contributed by atoms with Crippen LogP contribution in [0.5, 0.6) is 0 Å². The standard InChI is InChI=1S/C25H21ClN4O3S/c1-3-6-21(31)29-18-8-5-4-7-17(18)22-23(32)27-25(34-2)28-30(22)24(29)20-14-13-19(33-20)15-9-11-16(26)12-10-15/h4-5,7-14,24H,3,6H2,1-2H3/p+1. The maximum atomic E-state index is 13.4. The van der Waals surface area contributed by atoms with Gasteiger partial charge in [0.15, 0.2) is 5.76 Å². The summed E-state index contributed by atoms with van der Waals surface area (Å²) in [5.41, 5.74) is 2.26. The molecular weight excluding hydrogens is 472 g/mol. The van der Waals surface area contributed by atoms with Crippen LogP contribution < -0.4 is 15.1 Å². The van der Waals surface area contributed by atoms with Crippen molar-refractivity contribution in [2.75, 3.05) is 11.2 Å². The number of fused-ring (bicyclic) bond motifs is 3. The predicted molar refractivity (Wildman–Crippen MR) is 132 cm³/mol. The summed E-state index contributed by atoms with van der Waals surface area (Å²) in [5.74, 6) is 1.06. The lowest BCUT2D eigenvalue weighted by molar-refractivity contribution is -0.764. The summed E-state index contributed by atoms with van der Waals surface area (Å²) in [4.78, 5) is 31.1. The van der Waals surface area contributed by atoms with Crippen LogP contribution in [0.4, 0.5) is 5.69 Å². The van der Waals surface area contributed by atoms with Gasteiger partial charge in [-0.15, -0.1) is 0 Å². The van der Waals surface area contributed by atoms with E-state index >= 15 is 0 Å².